The summed E-state index contributed by atoms with van der Waals surface area (Å²) in [5.74, 6) is -0.238. The number of carbonyl (C=O) groups excluding carboxylic acids is 1. The molecule has 4 nitrogen and oxygen atoms in total. The molecule has 1 unspecified atom stereocenters. The van der Waals surface area contributed by atoms with Gasteiger partial charge < -0.3 is 15.4 Å². The molecule has 0 aromatic heterocycles. The molecule has 0 spiro atoms. The van der Waals surface area contributed by atoms with Crippen LogP contribution in [-0.4, -0.2) is 18.6 Å². The molecule has 28 heavy (non-hydrogen) atoms. The predicted molar refractivity (Wildman–Crippen MR) is 124 cm³/mol. The Balaban J connectivity index is 1.53. The van der Waals surface area contributed by atoms with Crippen LogP contribution < -0.4 is 10.6 Å². The maximum absolute atomic E-state index is 12.6. The van der Waals surface area contributed by atoms with Crippen LogP contribution in [0.3, 0.4) is 0 Å². The second-order valence-electron chi connectivity index (χ2n) is 6.73. The molecule has 144 valence electrons. The number of thioether (sulfide) groups is 4. The van der Waals surface area contributed by atoms with Crippen molar-refractivity contribution in [3.05, 3.63) is 63.6 Å². The number of ether oxygens (including phenoxy) is 1. The van der Waals surface area contributed by atoms with Crippen molar-refractivity contribution < 1.29 is 9.53 Å². The molecule has 0 fully saturated rings. The second-order valence-corrected chi connectivity index (χ2v) is 12.0. The molecule has 0 radical (unpaired) electrons. The van der Waals surface area contributed by atoms with Crippen molar-refractivity contribution in [2.75, 3.05) is 17.2 Å². The van der Waals surface area contributed by atoms with Gasteiger partial charge in [-0.05, 0) is 47.6 Å². The second kappa shape index (κ2) is 7.16. The van der Waals surface area contributed by atoms with Crippen molar-refractivity contribution in [3.63, 3.8) is 0 Å². The van der Waals surface area contributed by atoms with Gasteiger partial charge in [0.1, 0.15) is 6.61 Å². The maximum Gasteiger partial charge on any atom is 0.338 e. The minimum Gasteiger partial charge on any atom is -0.456 e. The largest absolute Gasteiger partial charge is 0.456 e. The zero-order chi connectivity index (χ0) is 19.4. The molecule has 4 heterocycles. The molecule has 8 heteroatoms. The monoisotopic (exact) mass is 446 g/mol. The summed E-state index contributed by atoms with van der Waals surface area (Å²) >= 11 is 7.30. The van der Waals surface area contributed by atoms with Gasteiger partial charge in [0, 0.05) is 4.91 Å². The van der Waals surface area contributed by atoms with E-state index in [1.165, 1.54) is 28.1 Å². The summed E-state index contributed by atoms with van der Waals surface area (Å²) in [6.45, 7) is 6.79. The van der Waals surface area contributed by atoms with Gasteiger partial charge in [-0.25, -0.2) is 4.79 Å². The van der Waals surface area contributed by atoms with Crippen molar-refractivity contribution in [1.82, 2.24) is 0 Å². The number of rotatable bonds is 1. The molecule has 1 aromatic carbocycles. The SMILES string of the molecule is CC1=C(C)SC(=C2SC(C)=C(C3Nc4ccccc4NC4=C3C(=O)OC4)S2)S1. The van der Waals surface area contributed by atoms with Crippen LogP contribution in [0.4, 0.5) is 11.4 Å². The van der Waals surface area contributed by atoms with E-state index < -0.39 is 0 Å². The Labute approximate surface area is 181 Å². The van der Waals surface area contributed by atoms with Crippen LogP contribution >= 0.6 is 47.0 Å². The number of anilines is 2. The molecule has 0 bridgehead atoms. The minimum atomic E-state index is -0.238. The molecular weight excluding hydrogens is 429 g/mol. The van der Waals surface area contributed by atoms with Gasteiger partial charge in [-0.3, -0.25) is 0 Å². The lowest BCUT2D eigenvalue weighted by Crippen LogP contribution is -2.26. The van der Waals surface area contributed by atoms with Gasteiger partial charge in [0.15, 0.2) is 0 Å². The van der Waals surface area contributed by atoms with E-state index in [-0.39, 0.29) is 12.0 Å². The van der Waals surface area contributed by atoms with Gasteiger partial charge in [0.05, 0.1) is 37.2 Å². The van der Waals surface area contributed by atoms with Gasteiger partial charge in [-0.2, -0.15) is 0 Å². The predicted octanol–water partition coefficient (Wildman–Crippen LogP) is 6.27. The van der Waals surface area contributed by atoms with E-state index in [1.54, 1.807) is 11.8 Å². The first kappa shape index (κ1) is 18.7. The Bertz CT molecular complexity index is 1020. The molecule has 2 N–H and O–H groups in total. The minimum absolute atomic E-state index is 0.205. The number of nitrogens with one attached hydrogen (secondary N) is 2. The fourth-order valence-electron chi connectivity index (χ4n) is 3.37. The van der Waals surface area contributed by atoms with E-state index in [0.29, 0.717) is 12.2 Å². The number of allylic oxidation sites excluding steroid dienone is 3. The summed E-state index contributed by atoms with van der Waals surface area (Å²) in [6.07, 6.45) is 0. The lowest BCUT2D eigenvalue weighted by Gasteiger charge is -2.20. The summed E-state index contributed by atoms with van der Waals surface area (Å²) < 4.78 is 8.02. The van der Waals surface area contributed by atoms with E-state index >= 15 is 0 Å². The molecule has 0 amide bonds. The van der Waals surface area contributed by atoms with Crippen molar-refractivity contribution in [2.24, 2.45) is 0 Å². The van der Waals surface area contributed by atoms with Crippen LogP contribution in [0, 0.1) is 0 Å². The summed E-state index contributed by atoms with van der Waals surface area (Å²) in [5, 5.41) is 7.01. The Morgan fingerprint density at radius 3 is 2.32 bits per heavy atom. The number of para-hydroxylation sites is 2. The van der Waals surface area contributed by atoms with Crippen LogP contribution in [0.2, 0.25) is 0 Å². The zero-order valence-electron chi connectivity index (χ0n) is 15.5. The molecule has 1 aromatic rings. The molecule has 1 atom stereocenters. The van der Waals surface area contributed by atoms with E-state index in [9.17, 15) is 4.79 Å². The summed E-state index contributed by atoms with van der Waals surface area (Å²) in [7, 11) is 0. The number of fused-ring (bicyclic) bond motifs is 1. The third-order valence-electron chi connectivity index (χ3n) is 4.91. The van der Waals surface area contributed by atoms with Crippen LogP contribution in [-0.2, 0) is 9.53 Å². The van der Waals surface area contributed by atoms with E-state index in [1.807, 2.05) is 59.6 Å². The van der Waals surface area contributed by atoms with Crippen molar-refractivity contribution in [3.8, 4) is 0 Å². The highest BCUT2D eigenvalue weighted by atomic mass is 32.2. The highest BCUT2D eigenvalue weighted by Crippen LogP contribution is 2.60. The molecule has 0 saturated heterocycles. The lowest BCUT2D eigenvalue weighted by atomic mass is 10.1. The summed E-state index contributed by atoms with van der Waals surface area (Å²) in [5.41, 5.74) is 3.53. The number of carbonyl (C=O) groups is 1. The molecule has 0 saturated carbocycles. The van der Waals surface area contributed by atoms with Crippen LogP contribution in [0.25, 0.3) is 0 Å². The fraction of sp³-hybridized carbons (Fsp3) is 0.250. The van der Waals surface area contributed by atoms with E-state index in [0.717, 1.165) is 17.1 Å². The normalized spacial score (nSPS) is 24.2. The van der Waals surface area contributed by atoms with Gasteiger partial charge in [0.25, 0.3) is 0 Å². The maximum atomic E-state index is 12.6. The fourth-order valence-corrected chi connectivity index (χ4v) is 8.91. The molecule has 5 rings (SSSR count). The van der Waals surface area contributed by atoms with E-state index in [2.05, 4.69) is 31.4 Å². The standard InChI is InChI=1S/C20H18N2O2S4/c1-9-10(2)26-19(25-9)20-27-11(3)17(28-20)16-15-14(8-24-18(15)23)21-12-6-4-5-7-13(12)22-16/h4-7,16,21-22H,8H2,1-3H3. The Morgan fingerprint density at radius 2 is 1.57 bits per heavy atom. The first-order valence-electron chi connectivity index (χ1n) is 8.88. The number of esters is 1. The number of hydrogen-bond acceptors (Lipinski definition) is 8. The first-order chi connectivity index (χ1) is 13.5. The topological polar surface area (TPSA) is 50.4 Å². The van der Waals surface area contributed by atoms with Crippen molar-refractivity contribution >= 4 is 64.4 Å². The van der Waals surface area contributed by atoms with Crippen molar-refractivity contribution in [2.45, 2.75) is 26.8 Å². The molecule has 4 aliphatic rings. The number of cyclic esters (lactones) is 1. The van der Waals surface area contributed by atoms with Gasteiger partial charge in [-0.1, -0.05) is 59.2 Å². The Morgan fingerprint density at radius 1 is 0.929 bits per heavy atom. The van der Waals surface area contributed by atoms with Gasteiger partial charge >= 0.3 is 5.97 Å². The number of hydrogen-bond donors (Lipinski definition) is 2. The smallest absolute Gasteiger partial charge is 0.338 e. The Kier molecular flexibility index (Phi) is 4.77. The van der Waals surface area contributed by atoms with Gasteiger partial charge in [0.2, 0.25) is 0 Å². The van der Waals surface area contributed by atoms with E-state index in [4.69, 9.17) is 4.74 Å². The third-order valence-corrected chi connectivity index (χ3v) is 10.8. The molecule has 4 aliphatic heterocycles. The average molecular weight is 447 g/mol. The summed E-state index contributed by atoms with van der Waals surface area (Å²) in [6, 6.07) is 7.86. The first-order valence-corrected chi connectivity index (χ1v) is 12.1. The Hall–Kier alpha value is -1.35. The highest BCUT2D eigenvalue weighted by molar-refractivity contribution is 8.34. The van der Waals surface area contributed by atoms with Crippen LogP contribution in [0.5, 0.6) is 0 Å². The third kappa shape index (κ3) is 3.10. The average Bonchev–Trinajstić information content (AvgIpc) is 3.29. The lowest BCUT2D eigenvalue weighted by molar-refractivity contribution is -0.136. The van der Waals surface area contributed by atoms with Crippen LogP contribution in [0.15, 0.2) is 63.6 Å². The number of benzene rings is 1. The molecular formula is C20H18N2O2S4. The molecule has 0 aliphatic carbocycles. The van der Waals surface area contributed by atoms with Crippen molar-refractivity contribution in [1.29, 1.82) is 0 Å². The quantitative estimate of drug-likeness (QED) is 0.489. The van der Waals surface area contributed by atoms with Gasteiger partial charge in [-0.15, -0.1) is 0 Å². The zero-order valence-corrected chi connectivity index (χ0v) is 18.8. The highest BCUT2D eigenvalue weighted by Gasteiger charge is 2.40. The summed E-state index contributed by atoms with van der Waals surface area (Å²) in [4.78, 5) is 17.7. The van der Waals surface area contributed by atoms with Crippen LogP contribution in [0.1, 0.15) is 20.8 Å².